The van der Waals surface area contributed by atoms with E-state index in [9.17, 15) is 0 Å². The molecule has 0 radical (unpaired) electrons. The van der Waals surface area contributed by atoms with E-state index in [0.717, 1.165) is 17.7 Å². The zero-order valence-electron chi connectivity index (χ0n) is 11.0. The molecule has 18 heavy (non-hydrogen) atoms. The van der Waals surface area contributed by atoms with E-state index in [-0.39, 0.29) is 0 Å². The van der Waals surface area contributed by atoms with Crippen molar-refractivity contribution in [3.8, 4) is 5.75 Å². The third-order valence-electron chi connectivity index (χ3n) is 3.92. The van der Waals surface area contributed by atoms with E-state index in [1.165, 1.54) is 25.7 Å². The summed E-state index contributed by atoms with van der Waals surface area (Å²) in [6.45, 7) is 2.67. The smallest absolute Gasteiger partial charge is 0.125 e. The van der Waals surface area contributed by atoms with Gasteiger partial charge in [-0.15, -0.1) is 0 Å². The van der Waals surface area contributed by atoms with Gasteiger partial charge in [-0.25, -0.2) is 0 Å². The molecule has 100 valence electrons. The highest BCUT2D eigenvalue weighted by Crippen LogP contribution is 2.33. The van der Waals surface area contributed by atoms with Crippen molar-refractivity contribution >= 4 is 11.6 Å². The first-order chi connectivity index (χ1) is 8.76. The van der Waals surface area contributed by atoms with Crippen molar-refractivity contribution in [1.29, 1.82) is 0 Å². The van der Waals surface area contributed by atoms with Gasteiger partial charge in [0, 0.05) is 17.1 Å². The molecule has 1 aliphatic carbocycles. The molecule has 0 amide bonds. The Kier molecular flexibility index (Phi) is 4.90. The van der Waals surface area contributed by atoms with Crippen molar-refractivity contribution in [1.82, 2.24) is 0 Å². The lowest BCUT2D eigenvalue weighted by Gasteiger charge is -2.32. The van der Waals surface area contributed by atoms with Crippen LogP contribution in [0.4, 0.5) is 0 Å². The monoisotopic (exact) mass is 267 g/mol. The Balaban J connectivity index is 2.15. The highest BCUT2D eigenvalue weighted by Gasteiger charge is 2.26. The lowest BCUT2D eigenvalue weighted by Crippen LogP contribution is -2.30. The second-order valence-electron chi connectivity index (χ2n) is 5.03. The molecule has 0 saturated heterocycles. The fourth-order valence-electron chi connectivity index (χ4n) is 2.81. The van der Waals surface area contributed by atoms with Crippen LogP contribution in [0.2, 0.25) is 5.02 Å². The van der Waals surface area contributed by atoms with Gasteiger partial charge in [0.25, 0.3) is 0 Å². The van der Waals surface area contributed by atoms with Gasteiger partial charge >= 0.3 is 0 Å². The molecule has 0 heterocycles. The largest absolute Gasteiger partial charge is 0.490 e. The van der Waals surface area contributed by atoms with Gasteiger partial charge in [0.2, 0.25) is 0 Å². The van der Waals surface area contributed by atoms with Crippen LogP contribution in [0.3, 0.4) is 0 Å². The van der Waals surface area contributed by atoms with Crippen molar-refractivity contribution in [2.24, 2.45) is 11.7 Å². The summed E-state index contributed by atoms with van der Waals surface area (Å²) in [5, 5.41) is 0.707. The summed E-state index contributed by atoms with van der Waals surface area (Å²) in [7, 11) is 0. The van der Waals surface area contributed by atoms with Crippen molar-refractivity contribution in [3.63, 3.8) is 0 Å². The zero-order chi connectivity index (χ0) is 13.0. The highest BCUT2D eigenvalue weighted by atomic mass is 35.5. The number of hydrogen-bond donors (Lipinski definition) is 1. The minimum Gasteiger partial charge on any atom is -0.490 e. The maximum absolute atomic E-state index is 6.20. The van der Waals surface area contributed by atoms with Gasteiger partial charge in [0.05, 0.1) is 0 Å². The van der Waals surface area contributed by atoms with Crippen molar-refractivity contribution in [2.45, 2.75) is 51.7 Å². The molecule has 3 heteroatoms. The molecule has 0 aliphatic heterocycles. The molecule has 0 bridgehead atoms. The maximum Gasteiger partial charge on any atom is 0.125 e. The molecule has 1 fully saturated rings. The minimum atomic E-state index is 0.326. The van der Waals surface area contributed by atoms with Gasteiger partial charge in [-0.05, 0) is 43.7 Å². The Hall–Kier alpha value is -0.730. The topological polar surface area (TPSA) is 35.2 Å². The van der Waals surface area contributed by atoms with Gasteiger partial charge < -0.3 is 10.5 Å². The molecule has 2 nitrogen and oxygen atoms in total. The molecule has 2 N–H and O–H groups in total. The molecule has 1 aromatic rings. The fourth-order valence-corrected chi connectivity index (χ4v) is 3.05. The molecule has 1 aliphatic rings. The van der Waals surface area contributed by atoms with E-state index in [1.807, 2.05) is 18.2 Å². The summed E-state index contributed by atoms with van der Waals surface area (Å²) < 4.78 is 6.20. The van der Waals surface area contributed by atoms with Crippen molar-refractivity contribution in [3.05, 3.63) is 28.8 Å². The second-order valence-corrected chi connectivity index (χ2v) is 5.44. The van der Waals surface area contributed by atoms with Gasteiger partial charge in [-0.1, -0.05) is 31.0 Å². The molecule has 0 spiro atoms. The van der Waals surface area contributed by atoms with E-state index < -0.39 is 0 Å². The van der Waals surface area contributed by atoms with E-state index >= 15 is 0 Å². The third kappa shape index (κ3) is 2.99. The Morgan fingerprint density at radius 2 is 2.11 bits per heavy atom. The average molecular weight is 268 g/mol. The summed E-state index contributed by atoms with van der Waals surface area (Å²) >= 11 is 6.16. The highest BCUT2D eigenvalue weighted by molar-refractivity contribution is 6.31. The van der Waals surface area contributed by atoms with E-state index in [4.69, 9.17) is 22.1 Å². The number of hydrogen-bond acceptors (Lipinski definition) is 2. The second kappa shape index (κ2) is 6.44. The van der Waals surface area contributed by atoms with Crippen molar-refractivity contribution < 1.29 is 4.74 Å². The maximum atomic E-state index is 6.20. The van der Waals surface area contributed by atoms with Crippen LogP contribution in [0.1, 0.15) is 44.6 Å². The van der Waals surface area contributed by atoms with Crippen molar-refractivity contribution in [2.75, 3.05) is 0 Å². The van der Waals surface area contributed by atoms with Gasteiger partial charge in [0.1, 0.15) is 11.9 Å². The van der Waals surface area contributed by atoms with Crippen LogP contribution in [0.25, 0.3) is 0 Å². The first kappa shape index (κ1) is 13.7. The summed E-state index contributed by atoms with van der Waals surface area (Å²) in [5.74, 6) is 1.54. The van der Waals surface area contributed by atoms with Crippen LogP contribution in [-0.4, -0.2) is 6.10 Å². The van der Waals surface area contributed by atoms with Crippen LogP contribution in [0, 0.1) is 5.92 Å². The van der Waals surface area contributed by atoms with Crippen LogP contribution >= 0.6 is 11.6 Å². The minimum absolute atomic E-state index is 0.326. The number of benzene rings is 1. The Morgan fingerprint density at radius 1 is 1.33 bits per heavy atom. The number of rotatable bonds is 4. The molecule has 1 saturated carbocycles. The summed E-state index contributed by atoms with van der Waals surface area (Å²) in [4.78, 5) is 0. The first-order valence-electron chi connectivity index (χ1n) is 6.90. The first-order valence-corrected chi connectivity index (χ1v) is 7.28. The fraction of sp³-hybridized carbons (Fsp3) is 0.600. The molecular weight excluding hydrogens is 246 g/mol. The Labute approximate surface area is 114 Å². The standard InChI is InChI=1S/C15H22ClNO/c1-2-11-6-3-4-8-14(11)18-15-9-5-7-13(16)12(15)10-17/h5,7,9,11,14H,2-4,6,8,10,17H2,1H3. The lowest BCUT2D eigenvalue weighted by molar-refractivity contribution is 0.0894. The quantitative estimate of drug-likeness (QED) is 0.890. The predicted octanol–water partition coefficient (Wildman–Crippen LogP) is 4.15. The van der Waals surface area contributed by atoms with Crippen LogP contribution in [0.5, 0.6) is 5.75 Å². The van der Waals surface area contributed by atoms with Crippen LogP contribution in [0.15, 0.2) is 18.2 Å². The van der Waals surface area contributed by atoms with E-state index in [1.54, 1.807) is 0 Å². The van der Waals surface area contributed by atoms with Gasteiger partial charge in [0.15, 0.2) is 0 Å². The molecular formula is C15H22ClNO. The number of ether oxygens (including phenoxy) is 1. The number of nitrogens with two attached hydrogens (primary N) is 1. The lowest BCUT2D eigenvalue weighted by atomic mass is 9.84. The molecule has 1 aromatic carbocycles. The van der Waals surface area contributed by atoms with Gasteiger partial charge in [-0.2, -0.15) is 0 Å². The molecule has 2 rings (SSSR count). The summed E-state index contributed by atoms with van der Waals surface area (Å²) in [5.41, 5.74) is 6.69. The Bertz CT molecular complexity index is 394. The van der Waals surface area contributed by atoms with Crippen LogP contribution in [-0.2, 0) is 6.54 Å². The van der Waals surface area contributed by atoms with Crippen LogP contribution < -0.4 is 10.5 Å². The normalized spacial score (nSPS) is 23.9. The van der Waals surface area contributed by atoms with E-state index in [2.05, 4.69) is 6.92 Å². The Morgan fingerprint density at radius 3 is 2.83 bits per heavy atom. The summed E-state index contributed by atoms with van der Waals surface area (Å²) in [6, 6.07) is 5.78. The van der Waals surface area contributed by atoms with Gasteiger partial charge in [-0.3, -0.25) is 0 Å². The average Bonchev–Trinajstić information content (AvgIpc) is 2.40. The zero-order valence-corrected chi connectivity index (χ0v) is 11.7. The predicted molar refractivity (Wildman–Crippen MR) is 76.0 cm³/mol. The summed E-state index contributed by atoms with van der Waals surface area (Å²) in [6.07, 6.45) is 6.53. The SMILES string of the molecule is CCC1CCCCC1Oc1cccc(Cl)c1CN. The molecule has 0 aromatic heterocycles. The molecule has 2 unspecified atom stereocenters. The molecule has 2 atom stereocenters. The number of halogens is 1. The third-order valence-corrected chi connectivity index (χ3v) is 4.28. The van der Waals surface area contributed by atoms with E-state index in [0.29, 0.717) is 23.6 Å².